The first-order valence-corrected chi connectivity index (χ1v) is 13.6. The predicted octanol–water partition coefficient (Wildman–Crippen LogP) is 3.96. The number of nitrogens with zero attached hydrogens (tertiary/aromatic N) is 5. The molecule has 5 rings (SSSR count). The monoisotopic (exact) mass is 541 g/mol. The van der Waals surface area contributed by atoms with Crippen LogP contribution in [0.1, 0.15) is 30.1 Å². The lowest BCUT2D eigenvalue weighted by Gasteiger charge is -2.33. The maximum absolute atomic E-state index is 14.1. The Hall–Kier alpha value is -2.86. The molecule has 1 amide bonds. The Morgan fingerprint density at radius 3 is 2.61 bits per heavy atom. The molecule has 3 aromatic rings. The number of carbonyl (C=O) groups excluding carboxylic acids is 1. The van der Waals surface area contributed by atoms with Crippen LogP contribution in [0.15, 0.2) is 36.5 Å². The first-order valence-electron chi connectivity index (χ1n) is 11.4. The van der Waals surface area contributed by atoms with Gasteiger partial charge in [0, 0.05) is 25.3 Å². The summed E-state index contributed by atoms with van der Waals surface area (Å²) in [5.74, 6) is -2.39. The summed E-state index contributed by atoms with van der Waals surface area (Å²) in [6.07, 6.45) is -1.45. The van der Waals surface area contributed by atoms with E-state index >= 15 is 0 Å². The number of amides is 1. The third-order valence-electron chi connectivity index (χ3n) is 6.76. The maximum Gasteiger partial charge on any atom is 0.413 e. The largest absolute Gasteiger partial charge is 0.413 e. The second-order valence-electron chi connectivity index (χ2n) is 9.17. The molecule has 2 aromatic heterocycles. The van der Waals surface area contributed by atoms with Crippen molar-refractivity contribution in [2.75, 3.05) is 30.0 Å². The Bertz CT molecular complexity index is 1430. The smallest absolute Gasteiger partial charge is 0.339 e. The van der Waals surface area contributed by atoms with Gasteiger partial charge in [-0.15, -0.1) is 0 Å². The van der Waals surface area contributed by atoms with Gasteiger partial charge in [0.05, 0.1) is 35.0 Å². The maximum atomic E-state index is 14.1. The van der Waals surface area contributed by atoms with E-state index in [1.807, 2.05) is 4.90 Å². The first-order chi connectivity index (χ1) is 16.9. The zero-order valence-electron chi connectivity index (χ0n) is 19.2. The van der Waals surface area contributed by atoms with Crippen molar-refractivity contribution < 1.29 is 26.4 Å². The number of halogens is 4. The number of aryl methyl sites for hydroxylation is 1. The average molecular weight is 542 g/mol. The third-order valence-corrected chi connectivity index (χ3v) is 8.72. The third kappa shape index (κ3) is 4.52. The Labute approximate surface area is 210 Å². The molecule has 0 spiro atoms. The van der Waals surface area contributed by atoms with Gasteiger partial charge in [-0.2, -0.15) is 18.3 Å². The number of sulfone groups is 1. The number of alkyl halides is 3. The van der Waals surface area contributed by atoms with Gasteiger partial charge >= 0.3 is 6.18 Å². The van der Waals surface area contributed by atoms with Crippen molar-refractivity contribution in [2.24, 2.45) is 5.92 Å². The van der Waals surface area contributed by atoms with Crippen molar-refractivity contribution in [2.45, 2.75) is 31.5 Å². The fourth-order valence-corrected chi connectivity index (χ4v) is 6.98. The molecule has 36 heavy (non-hydrogen) atoms. The highest BCUT2D eigenvalue weighted by molar-refractivity contribution is 7.91. The minimum Gasteiger partial charge on any atom is -0.339 e. The van der Waals surface area contributed by atoms with Crippen LogP contribution in [0.25, 0.3) is 5.65 Å². The van der Waals surface area contributed by atoms with Gasteiger partial charge in [-0.3, -0.25) is 4.79 Å². The molecule has 2 aliphatic heterocycles. The normalized spacial score (nSPS) is 20.4. The van der Waals surface area contributed by atoms with E-state index in [0.29, 0.717) is 27.9 Å². The van der Waals surface area contributed by atoms with Gasteiger partial charge in [-0.1, -0.05) is 23.7 Å². The number of rotatable bonds is 4. The summed E-state index contributed by atoms with van der Waals surface area (Å²) in [7, 11) is -2.33. The summed E-state index contributed by atoms with van der Waals surface area (Å²) >= 11 is 6.03. The fourth-order valence-electron chi connectivity index (χ4n) is 5.07. The van der Waals surface area contributed by atoms with E-state index in [9.17, 15) is 26.4 Å². The van der Waals surface area contributed by atoms with E-state index in [0.717, 1.165) is 31.3 Å². The average Bonchev–Trinajstić information content (AvgIpc) is 3.38. The van der Waals surface area contributed by atoms with E-state index in [-0.39, 0.29) is 17.7 Å². The quantitative estimate of drug-likeness (QED) is 0.497. The summed E-state index contributed by atoms with van der Waals surface area (Å²) in [6, 6.07) is 5.35. The first kappa shape index (κ1) is 24.8. The number of hydrogen-bond donors (Lipinski definition) is 0. The van der Waals surface area contributed by atoms with Crippen molar-refractivity contribution >= 4 is 44.4 Å². The van der Waals surface area contributed by atoms with Crippen LogP contribution in [0, 0.1) is 5.92 Å². The lowest BCUT2D eigenvalue weighted by molar-refractivity contribution is -0.190. The predicted molar refractivity (Wildman–Crippen MR) is 128 cm³/mol. The van der Waals surface area contributed by atoms with E-state index in [1.54, 1.807) is 28.9 Å². The van der Waals surface area contributed by atoms with Gasteiger partial charge in [0.2, 0.25) is 5.91 Å². The molecule has 1 saturated heterocycles. The molecule has 4 heterocycles. The molecule has 0 N–H and O–H groups in total. The summed E-state index contributed by atoms with van der Waals surface area (Å²) in [4.78, 5) is 19.8. The molecule has 1 aromatic carbocycles. The zero-order chi connectivity index (χ0) is 25.8. The molecule has 2 atom stereocenters. The summed E-state index contributed by atoms with van der Waals surface area (Å²) in [6.45, 7) is 0.645. The van der Waals surface area contributed by atoms with Crippen molar-refractivity contribution in [3.63, 3.8) is 0 Å². The van der Waals surface area contributed by atoms with Gasteiger partial charge < -0.3 is 9.80 Å². The van der Waals surface area contributed by atoms with Gasteiger partial charge in [-0.25, -0.2) is 17.9 Å². The van der Waals surface area contributed by atoms with Crippen LogP contribution in [0.4, 0.5) is 24.5 Å². The van der Waals surface area contributed by atoms with E-state index in [1.165, 1.54) is 12.1 Å². The Morgan fingerprint density at radius 1 is 1.25 bits per heavy atom. The van der Waals surface area contributed by atoms with Crippen LogP contribution in [0.2, 0.25) is 5.15 Å². The fraction of sp³-hybridized carbons (Fsp3) is 0.435. The number of benzene rings is 1. The molecule has 0 radical (unpaired) electrons. The van der Waals surface area contributed by atoms with Gasteiger partial charge in [0.15, 0.2) is 26.7 Å². The molecular weight excluding hydrogens is 519 g/mol. The summed E-state index contributed by atoms with van der Waals surface area (Å²) < 4.78 is 67.5. The van der Waals surface area contributed by atoms with Crippen LogP contribution in [-0.2, 0) is 21.1 Å². The van der Waals surface area contributed by atoms with Crippen LogP contribution in [0.5, 0.6) is 0 Å². The topological polar surface area (TPSA) is 87.9 Å². The Kier molecular flexibility index (Phi) is 6.14. The summed E-state index contributed by atoms with van der Waals surface area (Å²) in [5.41, 5.74) is 2.89. The second-order valence-corrected chi connectivity index (χ2v) is 11.8. The second kappa shape index (κ2) is 8.91. The van der Waals surface area contributed by atoms with Gasteiger partial charge in [0.25, 0.3) is 0 Å². The van der Waals surface area contributed by atoms with Gasteiger partial charge in [-0.05, 0) is 37.0 Å². The number of anilines is 2. The van der Waals surface area contributed by atoms with Crippen LogP contribution in [0.3, 0.4) is 0 Å². The SMILES string of the molecule is CN(C(=O)C1CCS(=O)(=O)C1)[C@@H](c1ccc(N2CCCc3c2cnc2cc(Cl)nn32)cc1)C(F)(F)F. The molecular formula is C23H23ClF3N5O3S. The minimum atomic E-state index is -4.74. The molecule has 2 aliphatic rings. The Morgan fingerprint density at radius 2 is 1.97 bits per heavy atom. The van der Waals surface area contributed by atoms with Crippen LogP contribution < -0.4 is 4.90 Å². The highest BCUT2D eigenvalue weighted by Gasteiger charge is 2.47. The van der Waals surface area contributed by atoms with Crippen molar-refractivity contribution in [3.05, 3.63) is 52.9 Å². The van der Waals surface area contributed by atoms with Crippen LogP contribution >= 0.6 is 11.6 Å². The van der Waals surface area contributed by atoms with E-state index in [4.69, 9.17) is 11.6 Å². The van der Waals surface area contributed by atoms with Crippen molar-refractivity contribution in [1.82, 2.24) is 19.5 Å². The van der Waals surface area contributed by atoms with E-state index in [2.05, 4.69) is 10.1 Å². The van der Waals surface area contributed by atoms with Crippen molar-refractivity contribution in [3.8, 4) is 0 Å². The standard InChI is InChI=1S/C23H23ClF3N5O3S/c1-30(22(33)15-8-10-36(34,35)13-15)21(23(25,26)27)14-4-6-16(7-5-14)31-9-2-3-17-18(31)12-28-20-11-19(24)29-32(17)20/h4-7,11-12,15,21H,2-3,8-10,13H2,1H3/t15?,21-/m0/s1. The highest BCUT2D eigenvalue weighted by Crippen LogP contribution is 2.40. The van der Waals surface area contributed by atoms with Crippen LogP contribution in [-0.4, -0.2) is 65.1 Å². The minimum absolute atomic E-state index is 0.0339. The molecule has 0 saturated carbocycles. The zero-order valence-corrected chi connectivity index (χ0v) is 20.8. The Balaban J connectivity index is 1.44. The summed E-state index contributed by atoms with van der Waals surface area (Å²) in [5, 5.41) is 4.61. The van der Waals surface area contributed by atoms with Crippen molar-refractivity contribution in [1.29, 1.82) is 0 Å². The molecule has 8 nitrogen and oxygen atoms in total. The molecule has 192 valence electrons. The number of hydrogen-bond acceptors (Lipinski definition) is 6. The molecule has 0 aliphatic carbocycles. The number of fused-ring (bicyclic) bond motifs is 3. The number of carbonyl (C=O) groups is 1. The lowest BCUT2D eigenvalue weighted by Crippen LogP contribution is -2.42. The lowest BCUT2D eigenvalue weighted by atomic mass is 10.0. The molecule has 1 unspecified atom stereocenters. The molecule has 0 bridgehead atoms. The molecule has 1 fully saturated rings. The molecule has 13 heteroatoms. The number of aromatic nitrogens is 3. The van der Waals surface area contributed by atoms with Gasteiger partial charge in [0.1, 0.15) is 0 Å². The van der Waals surface area contributed by atoms with E-state index < -0.39 is 39.6 Å². The highest BCUT2D eigenvalue weighted by atomic mass is 35.5.